The normalized spacial score (nSPS) is 10.3. The van der Waals surface area contributed by atoms with Crippen molar-refractivity contribution < 1.29 is 4.79 Å². The van der Waals surface area contributed by atoms with E-state index in [1.807, 2.05) is 67.5 Å². The van der Waals surface area contributed by atoms with Crippen LogP contribution >= 0.6 is 0 Å². The molecule has 3 aromatic rings. The molecule has 5 heteroatoms. The second kappa shape index (κ2) is 8.36. The molecule has 0 spiro atoms. The lowest BCUT2D eigenvalue weighted by Gasteiger charge is -2.14. The molecular formula is C22H24N4O. The Balaban J connectivity index is 1.73. The molecule has 0 bridgehead atoms. The maximum atomic E-state index is 12.6. The van der Waals surface area contributed by atoms with Gasteiger partial charge in [-0.1, -0.05) is 25.1 Å². The van der Waals surface area contributed by atoms with Crippen LogP contribution in [-0.2, 0) is 6.42 Å². The number of anilines is 4. The molecule has 1 aromatic heterocycles. The predicted molar refractivity (Wildman–Crippen MR) is 112 cm³/mol. The van der Waals surface area contributed by atoms with Gasteiger partial charge in [0.1, 0.15) is 0 Å². The SMILES string of the molecule is CCc1ccccc1NC(=O)c1cncc(Nc2ccc(N(C)C)cc2)c1. The highest BCUT2D eigenvalue weighted by atomic mass is 16.1. The van der Waals surface area contributed by atoms with Gasteiger partial charge in [0.25, 0.3) is 5.91 Å². The molecule has 0 unspecified atom stereocenters. The first kappa shape index (κ1) is 18.5. The quantitative estimate of drug-likeness (QED) is 0.669. The minimum atomic E-state index is -0.171. The number of pyridine rings is 1. The summed E-state index contributed by atoms with van der Waals surface area (Å²) in [5.74, 6) is -0.171. The number of carbonyl (C=O) groups is 1. The number of aromatic nitrogens is 1. The molecule has 0 aliphatic carbocycles. The Morgan fingerprint density at radius 1 is 1.00 bits per heavy atom. The number of nitrogens with one attached hydrogen (secondary N) is 2. The third-order valence-corrected chi connectivity index (χ3v) is 4.32. The van der Waals surface area contributed by atoms with Gasteiger partial charge in [-0.05, 0) is 48.4 Å². The van der Waals surface area contributed by atoms with Crippen LogP contribution in [0.2, 0.25) is 0 Å². The Labute approximate surface area is 160 Å². The molecule has 1 heterocycles. The molecule has 0 radical (unpaired) electrons. The van der Waals surface area contributed by atoms with Crippen LogP contribution in [0.25, 0.3) is 0 Å². The average Bonchev–Trinajstić information content (AvgIpc) is 2.69. The summed E-state index contributed by atoms with van der Waals surface area (Å²) < 4.78 is 0. The number of hydrogen-bond donors (Lipinski definition) is 2. The number of hydrogen-bond acceptors (Lipinski definition) is 4. The molecule has 27 heavy (non-hydrogen) atoms. The number of rotatable bonds is 6. The van der Waals surface area contributed by atoms with E-state index < -0.39 is 0 Å². The van der Waals surface area contributed by atoms with E-state index in [1.54, 1.807) is 18.5 Å². The number of aryl methyl sites for hydroxylation is 1. The second-order valence-corrected chi connectivity index (χ2v) is 6.49. The number of carbonyl (C=O) groups excluding carboxylic acids is 1. The molecule has 0 saturated heterocycles. The van der Waals surface area contributed by atoms with E-state index in [0.29, 0.717) is 5.56 Å². The smallest absolute Gasteiger partial charge is 0.257 e. The summed E-state index contributed by atoms with van der Waals surface area (Å²) in [6.45, 7) is 2.07. The Morgan fingerprint density at radius 3 is 2.44 bits per heavy atom. The van der Waals surface area contributed by atoms with Crippen molar-refractivity contribution in [2.24, 2.45) is 0 Å². The van der Waals surface area contributed by atoms with Crippen molar-refractivity contribution in [2.45, 2.75) is 13.3 Å². The standard InChI is InChI=1S/C22H24N4O/c1-4-16-7-5-6-8-21(16)25-22(27)17-13-19(15-23-14-17)24-18-9-11-20(12-10-18)26(2)3/h5-15,24H,4H2,1-3H3,(H,25,27). The van der Waals surface area contributed by atoms with Gasteiger partial charge in [-0.3, -0.25) is 9.78 Å². The molecule has 138 valence electrons. The third-order valence-electron chi connectivity index (χ3n) is 4.32. The number of benzene rings is 2. The van der Waals surface area contributed by atoms with E-state index in [-0.39, 0.29) is 5.91 Å². The molecule has 2 N–H and O–H groups in total. The molecular weight excluding hydrogens is 336 g/mol. The summed E-state index contributed by atoms with van der Waals surface area (Å²) in [5, 5.41) is 6.27. The van der Waals surface area contributed by atoms with Crippen molar-refractivity contribution in [3.63, 3.8) is 0 Å². The molecule has 5 nitrogen and oxygen atoms in total. The van der Waals surface area contributed by atoms with Crippen LogP contribution in [0.3, 0.4) is 0 Å². The summed E-state index contributed by atoms with van der Waals surface area (Å²) in [4.78, 5) is 18.9. The third kappa shape index (κ3) is 4.64. The molecule has 0 aliphatic rings. The number of nitrogens with zero attached hydrogens (tertiary/aromatic N) is 2. The first-order valence-corrected chi connectivity index (χ1v) is 8.95. The lowest BCUT2D eigenvalue weighted by Crippen LogP contribution is -2.13. The molecule has 1 amide bonds. The molecule has 0 fully saturated rings. The fourth-order valence-corrected chi connectivity index (χ4v) is 2.79. The van der Waals surface area contributed by atoms with E-state index in [2.05, 4.69) is 22.5 Å². The van der Waals surface area contributed by atoms with Crippen molar-refractivity contribution in [3.8, 4) is 0 Å². The van der Waals surface area contributed by atoms with Gasteiger partial charge in [0.05, 0.1) is 17.4 Å². The topological polar surface area (TPSA) is 57.3 Å². The van der Waals surface area contributed by atoms with Crippen LogP contribution in [0.1, 0.15) is 22.8 Å². The van der Waals surface area contributed by atoms with Gasteiger partial charge in [0.2, 0.25) is 0 Å². The van der Waals surface area contributed by atoms with Gasteiger partial charge in [-0.15, -0.1) is 0 Å². The lowest BCUT2D eigenvalue weighted by atomic mass is 10.1. The summed E-state index contributed by atoms with van der Waals surface area (Å²) in [5.41, 5.74) is 5.29. The predicted octanol–water partition coefficient (Wildman–Crippen LogP) is 4.71. The zero-order valence-corrected chi connectivity index (χ0v) is 15.9. The van der Waals surface area contributed by atoms with Gasteiger partial charge in [0.15, 0.2) is 0 Å². The molecule has 2 aromatic carbocycles. The highest BCUT2D eigenvalue weighted by Crippen LogP contribution is 2.21. The van der Waals surface area contributed by atoms with Gasteiger partial charge in [-0.25, -0.2) is 0 Å². The van der Waals surface area contributed by atoms with E-state index in [0.717, 1.165) is 34.7 Å². The zero-order valence-electron chi connectivity index (χ0n) is 15.9. The summed E-state index contributed by atoms with van der Waals surface area (Å²) in [6, 6.07) is 17.7. The summed E-state index contributed by atoms with van der Waals surface area (Å²) in [6.07, 6.45) is 4.14. The van der Waals surface area contributed by atoms with E-state index >= 15 is 0 Å². The van der Waals surface area contributed by atoms with E-state index in [9.17, 15) is 4.79 Å². The van der Waals surface area contributed by atoms with E-state index in [1.165, 1.54) is 0 Å². The summed E-state index contributed by atoms with van der Waals surface area (Å²) >= 11 is 0. The Morgan fingerprint density at radius 2 is 1.74 bits per heavy atom. The van der Waals surface area contributed by atoms with Gasteiger partial charge in [-0.2, -0.15) is 0 Å². The lowest BCUT2D eigenvalue weighted by molar-refractivity contribution is 0.102. The van der Waals surface area contributed by atoms with Crippen LogP contribution in [-0.4, -0.2) is 25.0 Å². The van der Waals surface area contributed by atoms with E-state index in [4.69, 9.17) is 0 Å². The van der Waals surface area contributed by atoms with Crippen molar-refractivity contribution >= 4 is 28.7 Å². The first-order chi connectivity index (χ1) is 13.1. The second-order valence-electron chi connectivity index (χ2n) is 6.49. The first-order valence-electron chi connectivity index (χ1n) is 8.95. The average molecular weight is 360 g/mol. The van der Waals surface area contributed by atoms with Crippen molar-refractivity contribution in [1.29, 1.82) is 0 Å². The van der Waals surface area contributed by atoms with Crippen LogP contribution in [0, 0.1) is 0 Å². The molecule has 0 aliphatic heterocycles. The van der Waals surface area contributed by atoms with Crippen LogP contribution in [0.5, 0.6) is 0 Å². The largest absolute Gasteiger partial charge is 0.378 e. The monoisotopic (exact) mass is 360 g/mol. The van der Waals surface area contributed by atoms with Crippen molar-refractivity contribution in [3.05, 3.63) is 78.1 Å². The molecule has 0 saturated carbocycles. The summed E-state index contributed by atoms with van der Waals surface area (Å²) in [7, 11) is 4.01. The minimum Gasteiger partial charge on any atom is -0.378 e. The fraction of sp³-hybridized carbons (Fsp3) is 0.182. The molecule has 3 rings (SSSR count). The highest BCUT2D eigenvalue weighted by molar-refractivity contribution is 6.05. The van der Waals surface area contributed by atoms with Gasteiger partial charge < -0.3 is 15.5 Å². The molecule has 0 atom stereocenters. The Kier molecular flexibility index (Phi) is 5.71. The maximum absolute atomic E-state index is 12.6. The van der Waals surface area contributed by atoms with Crippen LogP contribution < -0.4 is 15.5 Å². The minimum absolute atomic E-state index is 0.171. The van der Waals surface area contributed by atoms with Crippen LogP contribution in [0.4, 0.5) is 22.7 Å². The van der Waals surface area contributed by atoms with Crippen molar-refractivity contribution in [1.82, 2.24) is 4.98 Å². The number of amides is 1. The highest BCUT2D eigenvalue weighted by Gasteiger charge is 2.10. The zero-order chi connectivity index (χ0) is 19.2. The van der Waals surface area contributed by atoms with Crippen LogP contribution in [0.15, 0.2) is 67.0 Å². The van der Waals surface area contributed by atoms with Crippen molar-refractivity contribution in [2.75, 3.05) is 29.6 Å². The van der Waals surface area contributed by atoms with Gasteiger partial charge in [0, 0.05) is 37.4 Å². The fourth-order valence-electron chi connectivity index (χ4n) is 2.79. The Bertz CT molecular complexity index is 920. The Hall–Kier alpha value is -3.34. The number of para-hydroxylation sites is 1. The maximum Gasteiger partial charge on any atom is 0.257 e. The van der Waals surface area contributed by atoms with Gasteiger partial charge >= 0.3 is 0 Å².